The van der Waals surface area contributed by atoms with Gasteiger partial charge in [-0.05, 0) is 34.9 Å². The molecule has 0 atom stereocenters. The van der Waals surface area contributed by atoms with Gasteiger partial charge in [0.05, 0.1) is 7.06 Å². The summed E-state index contributed by atoms with van der Waals surface area (Å²) >= 11 is 3.11. The Morgan fingerprint density at radius 3 is 3.08 bits per heavy atom. The van der Waals surface area contributed by atoms with Crippen LogP contribution in [-0.4, -0.2) is 19.7 Å². The number of rotatable bonds is 1. The minimum Gasteiger partial charge on any atom is -0.289 e. The molecule has 0 radical (unpaired) electrons. The average molecular weight is 244 g/mol. The van der Waals surface area contributed by atoms with Crippen molar-refractivity contribution in [3.63, 3.8) is 0 Å². The third-order valence-corrected chi connectivity index (χ3v) is 1.75. The maximum atomic E-state index is 7.76. The van der Waals surface area contributed by atoms with Crippen LogP contribution in [0.4, 0.5) is 0 Å². The fourth-order valence-corrected chi connectivity index (χ4v) is 1.00. The number of hydrogen-bond acceptors (Lipinski definition) is 3. The molecule has 0 saturated heterocycles. The lowest BCUT2D eigenvalue weighted by molar-refractivity contribution is 0.900. The van der Waals surface area contributed by atoms with Gasteiger partial charge in [-0.25, -0.2) is 4.98 Å². The highest BCUT2D eigenvalue weighted by molar-refractivity contribution is 9.10. The van der Waals surface area contributed by atoms with Crippen molar-refractivity contribution in [3.05, 3.63) is 34.9 Å². The average Bonchev–Trinajstić information content (AvgIpc) is 2.56. The van der Waals surface area contributed by atoms with Gasteiger partial charge in [0, 0.05) is 10.3 Å². The summed E-state index contributed by atoms with van der Waals surface area (Å²) in [7, 11) is 0. The molecule has 4 nitrogen and oxygen atoms in total. The predicted octanol–water partition coefficient (Wildman–Crippen LogP) is 1.73. The maximum Gasteiger partial charge on any atom is 0.160 e. The predicted molar refractivity (Wildman–Crippen MR) is 51.6 cm³/mol. The third-order valence-electron chi connectivity index (χ3n) is 1.33. The number of hydrogen-bond donors (Lipinski definition) is 0. The molecular weight excluding hydrogens is 232 g/mol. The minimum absolute atomic E-state index is 0.177. The van der Waals surface area contributed by atoms with Crippen LogP contribution in [0.2, 0.25) is 0 Å². The second kappa shape index (κ2) is 3.26. The molecule has 0 unspecified atom stereocenters. The van der Waals surface area contributed by atoms with Crippen LogP contribution in [0.1, 0.15) is 12.5 Å². The standard InChI is InChI=1S/C8H7BrN4/c1-6-4-13(5-10-6)8-3-2-7(9)11-12-8/h2-5H,1H3/i1D3,4D,5D. The zero-order chi connectivity index (χ0) is 13.5. The lowest BCUT2D eigenvalue weighted by Crippen LogP contribution is -1.95. The van der Waals surface area contributed by atoms with Crippen molar-refractivity contribution in [3.8, 4) is 5.82 Å². The Morgan fingerprint density at radius 1 is 1.54 bits per heavy atom. The van der Waals surface area contributed by atoms with Crippen LogP contribution < -0.4 is 0 Å². The minimum atomic E-state index is -2.53. The van der Waals surface area contributed by atoms with Crippen LogP contribution in [0.3, 0.4) is 0 Å². The first kappa shape index (κ1) is 4.32. The molecule has 0 aliphatic rings. The molecule has 0 aromatic carbocycles. The van der Waals surface area contributed by atoms with Gasteiger partial charge in [-0.2, -0.15) is 0 Å². The van der Waals surface area contributed by atoms with E-state index in [0.717, 1.165) is 4.57 Å². The van der Waals surface area contributed by atoms with Crippen molar-refractivity contribution in [2.45, 2.75) is 6.85 Å². The van der Waals surface area contributed by atoms with E-state index in [0.29, 0.717) is 4.60 Å². The van der Waals surface area contributed by atoms with Crippen molar-refractivity contribution in [1.29, 1.82) is 0 Å². The first-order valence-corrected chi connectivity index (χ1v) is 4.16. The Kier molecular flexibility index (Phi) is 1.08. The molecule has 2 heterocycles. The zero-order valence-electron chi connectivity index (χ0n) is 11.3. The van der Waals surface area contributed by atoms with E-state index >= 15 is 0 Å². The topological polar surface area (TPSA) is 43.6 Å². The number of nitrogens with zero attached hydrogens (tertiary/aromatic N) is 4. The normalized spacial score (nSPS) is 16.8. The summed E-state index contributed by atoms with van der Waals surface area (Å²) in [6.45, 7) is -2.53. The number of aryl methyl sites for hydroxylation is 1. The zero-order valence-corrected chi connectivity index (χ0v) is 7.91. The number of aromatic nitrogens is 4. The Labute approximate surface area is 90.8 Å². The molecule has 13 heavy (non-hydrogen) atoms. The molecule has 2 aromatic rings. The van der Waals surface area contributed by atoms with Crippen LogP contribution in [0, 0.1) is 6.85 Å². The van der Waals surface area contributed by atoms with Crippen LogP contribution in [0.15, 0.2) is 29.2 Å². The molecular formula is C8H7BrN4. The van der Waals surface area contributed by atoms with Gasteiger partial charge in [-0.1, -0.05) is 0 Å². The summed E-state index contributed by atoms with van der Waals surface area (Å²) in [5.41, 5.74) is -0.419. The number of imidazole rings is 1. The highest BCUT2D eigenvalue weighted by Crippen LogP contribution is 2.07. The van der Waals surface area contributed by atoms with Crippen molar-refractivity contribution >= 4 is 15.9 Å². The van der Waals surface area contributed by atoms with E-state index in [2.05, 4.69) is 31.1 Å². The number of halogens is 1. The summed E-state index contributed by atoms with van der Waals surface area (Å²) in [5, 5.41) is 7.49. The van der Waals surface area contributed by atoms with Gasteiger partial charge in [0.25, 0.3) is 0 Å². The first-order valence-electron chi connectivity index (χ1n) is 5.86. The monoisotopic (exact) mass is 243 g/mol. The van der Waals surface area contributed by atoms with Gasteiger partial charge < -0.3 is 0 Å². The summed E-state index contributed by atoms with van der Waals surface area (Å²) in [6, 6.07) is 3.09. The van der Waals surface area contributed by atoms with Gasteiger partial charge in [0.15, 0.2) is 5.82 Å². The van der Waals surface area contributed by atoms with Crippen LogP contribution >= 0.6 is 15.9 Å². The van der Waals surface area contributed by atoms with E-state index < -0.39 is 12.5 Å². The molecule has 0 bridgehead atoms. The van der Waals surface area contributed by atoms with Crippen LogP contribution in [0.25, 0.3) is 5.82 Å². The van der Waals surface area contributed by atoms with E-state index in [1.54, 1.807) is 6.07 Å². The Hall–Kier alpha value is -1.23. The second-order valence-electron chi connectivity index (χ2n) is 2.22. The van der Waals surface area contributed by atoms with Crippen molar-refractivity contribution in [1.82, 2.24) is 19.7 Å². The summed E-state index contributed by atoms with van der Waals surface area (Å²) in [6.07, 6.45) is -0.737. The molecule has 66 valence electrons. The molecule has 0 aliphatic carbocycles. The Morgan fingerprint density at radius 2 is 2.46 bits per heavy atom. The molecule has 0 amide bonds. The van der Waals surface area contributed by atoms with Crippen molar-refractivity contribution in [2.75, 3.05) is 0 Å². The van der Waals surface area contributed by atoms with Crippen molar-refractivity contribution < 1.29 is 6.85 Å². The molecule has 2 aromatic heterocycles. The van der Waals surface area contributed by atoms with Crippen LogP contribution in [0.5, 0.6) is 0 Å². The fourth-order valence-electron chi connectivity index (χ4n) is 0.793. The van der Waals surface area contributed by atoms with E-state index in [1.165, 1.54) is 6.07 Å². The largest absolute Gasteiger partial charge is 0.289 e. The van der Waals surface area contributed by atoms with Crippen molar-refractivity contribution in [2.24, 2.45) is 0 Å². The van der Waals surface area contributed by atoms with Crippen LogP contribution in [-0.2, 0) is 0 Å². The van der Waals surface area contributed by atoms with Gasteiger partial charge in [-0.15, -0.1) is 10.2 Å². The molecule has 5 heteroatoms. The highest BCUT2D eigenvalue weighted by atomic mass is 79.9. The lowest BCUT2D eigenvalue weighted by atomic mass is 10.5. The smallest absolute Gasteiger partial charge is 0.160 e. The second-order valence-corrected chi connectivity index (χ2v) is 3.03. The van der Waals surface area contributed by atoms with Gasteiger partial charge in [-0.3, -0.25) is 4.57 Å². The highest BCUT2D eigenvalue weighted by Gasteiger charge is 1.98. The van der Waals surface area contributed by atoms with Gasteiger partial charge in [0.1, 0.15) is 12.3 Å². The SMILES string of the molecule is [2H]c1nc(C([2H])([2H])[2H])c([2H])n1-c1ccc(Br)nn1. The van der Waals surface area contributed by atoms with E-state index in [9.17, 15) is 0 Å². The van der Waals surface area contributed by atoms with E-state index in [-0.39, 0.29) is 18.3 Å². The molecule has 2 rings (SSSR count). The third kappa shape index (κ3) is 1.75. The first-order chi connectivity index (χ1) is 8.30. The summed E-state index contributed by atoms with van der Waals surface area (Å²) in [4.78, 5) is 3.58. The quantitative estimate of drug-likeness (QED) is 0.767. The van der Waals surface area contributed by atoms with Gasteiger partial charge in [0.2, 0.25) is 0 Å². The summed E-state index contributed by atoms with van der Waals surface area (Å²) < 4.78 is 38.6. The molecule has 0 N–H and O–H groups in total. The Balaban J connectivity index is 2.59. The molecule has 0 fully saturated rings. The van der Waals surface area contributed by atoms with Gasteiger partial charge >= 0.3 is 0 Å². The Bertz CT molecular complexity index is 576. The summed E-state index contributed by atoms with van der Waals surface area (Å²) in [5.74, 6) is 0.177. The lowest BCUT2D eigenvalue weighted by Gasteiger charge is -1.97. The molecule has 0 aliphatic heterocycles. The van der Waals surface area contributed by atoms with E-state index in [1.807, 2.05) is 0 Å². The molecule has 0 saturated carbocycles. The maximum absolute atomic E-state index is 7.76. The van der Waals surface area contributed by atoms with E-state index in [4.69, 9.17) is 6.85 Å². The molecule has 0 spiro atoms. The fraction of sp³-hybridized carbons (Fsp3) is 0.125.